The minimum absolute atomic E-state index is 0.668. The van der Waals surface area contributed by atoms with Gasteiger partial charge in [0.15, 0.2) is 0 Å². The fourth-order valence-corrected chi connectivity index (χ4v) is 2.04. The van der Waals surface area contributed by atoms with Crippen LogP contribution in [0, 0.1) is 11.8 Å². The van der Waals surface area contributed by atoms with Crippen molar-refractivity contribution in [2.45, 2.75) is 45.3 Å². The molecule has 0 bridgehead atoms. The molecule has 0 spiro atoms. The van der Waals surface area contributed by atoms with E-state index in [0.717, 1.165) is 11.8 Å². The summed E-state index contributed by atoms with van der Waals surface area (Å²) in [6, 6.07) is 0. The summed E-state index contributed by atoms with van der Waals surface area (Å²) in [6.07, 6.45) is 5.41. The first-order valence-electron chi connectivity index (χ1n) is 4.43. The third kappa shape index (κ3) is 1.07. The van der Waals surface area contributed by atoms with Gasteiger partial charge in [0.05, 0.1) is 12.2 Å². The van der Waals surface area contributed by atoms with E-state index in [1.165, 1.54) is 19.3 Å². The van der Waals surface area contributed by atoms with Crippen molar-refractivity contribution in [3.63, 3.8) is 0 Å². The standard InChI is InChI=1S/C9H16O/c1-6(2)7-3-4-8-9(5-7)10-8/h6-9H,3-5H2,1-2H3/t7-,8+,9-/m0/s1. The molecule has 0 radical (unpaired) electrons. The van der Waals surface area contributed by atoms with Gasteiger partial charge in [-0.2, -0.15) is 0 Å². The van der Waals surface area contributed by atoms with E-state index in [0.29, 0.717) is 12.2 Å². The summed E-state index contributed by atoms with van der Waals surface area (Å²) in [5, 5.41) is 0. The van der Waals surface area contributed by atoms with Crippen LogP contribution in [0.15, 0.2) is 0 Å². The molecule has 58 valence electrons. The zero-order chi connectivity index (χ0) is 7.14. The van der Waals surface area contributed by atoms with Crippen LogP contribution in [0.3, 0.4) is 0 Å². The molecule has 0 N–H and O–H groups in total. The van der Waals surface area contributed by atoms with Gasteiger partial charge < -0.3 is 4.74 Å². The molecule has 1 aliphatic heterocycles. The summed E-state index contributed by atoms with van der Waals surface area (Å²) in [6.45, 7) is 4.65. The van der Waals surface area contributed by atoms with E-state index >= 15 is 0 Å². The average molecular weight is 140 g/mol. The number of hydrogen-bond donors (Lipinski definition) is 0. The Balaban J connectivity index is 1.88. The summed E-state index contributed by atoms with van der Waals surface area (Å²) in [5.74, 6) is 1.81. The van der Waals surface area contributed by atoms with Gasteiger partial charge in [-0.15, -0.1) is 0 Å². The summed E-state index contributed by atoms with van der Waals surface area (Å²) < 4.78 is 5.46. The Hall–Kier alpha value is -0.0400. The van der Waals surface area contributed by atoms with Crippen molar-refractivity contribution in [1.82, 2.24) is 0 Å². The number of hydrogen-bond acceptors (Lipinski definition) is 1. The van der Waals surface area contributed by atoms with E-state index < -0.39 is 0 Å². The average Bonchev–Trinajstić information content (AvgIpc) is 2.63. The van der Waals surface area contributed by atoms with Crippen LogP contribution in [0.1, 0.15) is 33.1 Å². The summed E-state index contributed by atoms with van der Waals surface area (Å²) in [5.41, 5.74) is 0. The molecule has 0 aromatic heterocycles. The third-order valence-corrected chi connectivity index (χ3v) is 2.99. The van der Waals surface area contributed by atoms with Crippen LogP contribution in [-0.2, 0) is 4.74 Å². The molecule has 10 heavy (non-hydrogen) atoms. The molecule has 1 heteroatoms. The van der Waals surface area contributed by atoms with Gasteiger partial charge in [0, 0.05) is 0 Å². The van der Waals surface area contributed by atoms with Crippen molar-refractivity contribution in [3.8, 4) is 0 Å². The smallest absolute Gasteiger partial charge is 0.0844 e. The van der Waals surface area contributed by atoms with Crippen molar-refractivity contribution >= 4 is 0 Å². The van der Waals surface area contributed by atoms with E-state index in [2.05, 4.69) is 13.8 Å². The highest BCUT2D eigenvalue weighted by atomic mass is 16.6. The van der Waals surface area contributed by atoms with E-state index in [4.69, 9.17) is 4.74 Å². The van der Waals surface area contributed by atoms with Gasteiger partial charge in [-0.3, -0.25) is 0 Å². The zero-order valence-corrected chi connectivity index (χ0v) is 6.84. The first kappa shape index (κ1) is 6.66. The largest absolute Gasteiger partial charge is 0.370 e. The molecular formula is C9H16O. The Labute approximate surface area is 62.8 Å². The summed E-state index contributed by atoms with van der Waals surface area (Å²) in [4.78, 5) is 0. The van der Waals surface area contributed by atoms with Crippen molar-refractivity contribution in [2.75, 3.05) is 0 Å². The maximum absolute atomic E-state index is 5.46. The lowest BCUT2D eigenvalue weighted by Crippen LogP contribution is -2.17. The Morgan fingerprint density at radius 2 is 2.00 bits per heavy atom. The molecule has 1 aliphatic carbocycles. The molecule has 1 heterocycles. The summed E-state index contributed by atoms with van der Waals surface area (Å²) in [7, 11) is 0. The Morgan fingerprint density at radius 1 is 1.20 bits per heavy atom. The lowest BCUT2D eigenvalue weighted by molar-refractivity contribution is 0.297. The van der Waals surface area contributed by atoms with Gasteiger partial charge in [-0.05, 0) is 31.1 Å². The normalized spacial score (nSPS) is 45.3. The Bertz CT molecular complexity index is 131. The van der Waals surface area contributed by atoms with Gasteiger partial charge in [-0.1, -0.05) is 13.8 Å². The van der Waals surface area contributed by atoms with E-state index in [-0.39, 0.29) is 0 Å². The van der Waals surface area contributed by atoms with E-state index in [1.807, 2.05) is 0 Å². The lowest BCUT2D eigenvalue weighted by Gasteiger charge is -2.22. The van der Waals surface area contributed by atoms with Crippen molar-refractivity contribution in [1.29, 1.82) is 0 Å². The van der Waals surface area contributed by atoms with Crippen LogP contribution in [0.5, 0.6) is 0 Å². The second-order valence-corrected chi connectivity index (χ2v) is 4.03. The van der Waals surface area contributed by atoms with Crippen LogP contribution in [-0.4, -0.2) is 12.2 Å². The van der Waals surface area contributed by atoms with Crippen LogP contribution < -0.4 is 0 Å². The highest BCUT2D eigenvalue weighted by Crippen LogP contribution is 2.41. The number of epoxide rings is 1. The molecule has 1 saturated heterocycles. The number of fused-ring (bicyclic) bond motifs is 1. The van der Waals surface area contributed by atoms with Crippen molar-refractivity contribution < 1.29 is 4.74 Å². The SMILES string of the molecule is CC(C)[C@H]1CC[C@H]2O[C@H]2C1. The molecule has 0 aromatic carbocycles. The van der Waals surface area contributed by atoms with Gasteiger partial charge in [0.25, 0.3) is 0 Å². The maximum atomic E-state index is 5.46. The second kappa shape index (κ2) is 2.23. The van der Waals surface area contributed by atoms with Crippen molar-refractivity contribution in [3.05, 3.63) is 0 Å². The van der Waals surface area contributed by atoms with Crippen LogP contribution in [0.25, 0.3) is 0 Å². The predicted octanol–water partition coefficient (Wildman–Crippen LogP) is 2.21. The molecule has 1 nitrogen and oxygen atoms in total. The van der Waals surface area contributed by atoms with Gasteiger partial charge in [-0.25, -0.2) is 0 Å². The minimum Gasteiger partial charge on any atom is -0.370 e. The molecule has 1 saturated carbocycles. The number of rotatable bonds is 1. The molecule has 3 atom stereocenters. The summed E-state index contributed by atoms with van der Waals surface area (Å²) >= 11 is 0. The third-order valence-electron chi connectivity index (χ3n) is 2.99. The van der Waals surface area contributed by atoms with Crippen molar-refractivity contribution in [2.24, 2.45) is 11.8 Å². The first-order valence-corrected chi connectivity index (χ1v) is 4.43. The fourth-order valence-electron chi connectivity index (χ4n) is 2.04. The topological polar surface area (TPSA) is 12.5 Å². The van der Waals surface area contributed by atoms with Gasteiger partial charge in [0.1, 0.15) is 0 Å². The fraction of sp³-hybridized carbons (Fsp3) is 1.00. The Morgan fingerprint density at radius 3 is 2.60 bits per heavy atom. The molecule has 2 rings (SSSR count). The van der Waals surface area contributed by atoms with Gasteiger partial charge >= 0.3 is 0 Å². The van der Waals surface area contributed by atoms with Crippen LogP contribution in [0.2, 0.25) is 0 Å². The number of ether oxygens (including phenoxy) is 1. The zero-order valence-electron chi connectivity index (χ0n) is 6.84. The molecular weight excluding hydrogens is 124 g/mol. The quantitative estimate of drug-likeness (QED) is 0.509. The molecule has 2 aliphatic rings. The van der Waals surface area contributed by atoms with E-state index in [1.54, 1.807) is 0 Å². The highest BCUT2D eigenvalue weighted by molar-refractivity contribution is 4.92. The monoisotopic (exact) mass is 140 g/mol. The lowest BCUT2D eigenvalue weighted by atomic mass is 9.82. The predicted molar refractivity (Wildman–Crippen MR) is 40.8 cm³/mol. The first-order chi connectivity index (χ1) is 4.77. The molecule has 0 aromatic rings. The van der Waals surface area contributed by atoms with E-state index in [9.17, 15) is 0 Å². The van der Waals surface area contributed by atoms with Crippen LogP contribution >= 0.6 is 0 Å². The van der Waals surface area contributed by atoms with Gasteiger partial charge in [0.2, 0.25) is 0 Å². The minimum atomic E-state index is 0.668. The molecule has 2 fully saturated rings. The highest BCUT2D eigenvalue weighted by Gasteiger charge is 2.44. The second-order valence-electron chi connectivity index (χ2n) is 4.03. The maximum Gasteiger partial charge on any atom is 0.0844 e. The van der Waals surface area contributed by atoms with Crippen LogP contribution in [0.4, 0.5) is 0 Å². The molecule has 0 unspecified atom stereocenters. The Kier molecular flexibility index (Phi) is 1.48. The molecule has 0 amide bonds.